The van der Waals surface area contributed by atoms with Crippen molar-refractivity contribution in [3.63, 3.8) is 0 Å². The first-order chi connectivity index (χ1) is 11.0. The van der Waals surface area contributed by atoms with E-state index in [2.05, 4.69) is 15.5 Å². The summed E-state index contributed by atoms with van der Waals surface area (Å²) in [5.41, 5.74) is -1.07. The van der Waals surface area contributed by atoms with Crippen LogP contribution >= 0.6 is 0 Å². The van der Waals surface area contributed by atoms with Crippen molar-refractivity contribution in [3.8, 4) is 0 Å². The van der Waals surface area contributed by atoms with Crippen molar-refractivity contribution < 1.29 is 9.90 Å². The molecule has 0 spiro atoms. The van der Waals surface area contributed by atoms with E-state index in [1.165, 1.54) is 0 Å². The summed E-state index contributed by atoms with van der Waals surface area (Å²) in [7, 11) is 0. The molecule has 23 heavy (non-hydrogen) atoms. The van der Waals surface area contributed by atoms with Crippen LogP contribution in [0, 0.1) is 0 Å². The fraction of sp³-hybridized carbons (Fsp3) is 0.471. The van der Waals surface area contributed by atoms with Gasteiger partial charge >= 0.3 is 0 Å². The molecule has 2 rings (SSSR count). The second kappa shape index (κ2) is 7.37. The van der Waals surface area contributed by atoms with Crippen molar-refractivity contribution in [2.75, 3.05) is 6.54 Å². The zero-order valence-corrected chi connectivity index (χ0v) is 13.6. The normalized spacial score (nSPS) is 11.6. The zero-order valence-electron chi connectivity index (χ0n) is 13.6. The minimum atomic E-state index is -0.906. The van der Waals surface area contributed by atoms with Gasteiger partial charge in [0.15, 0.2) is 5.69 Å². The van der Waals surface area contributed by atoms with E-state index in [9.17, 15) is 14.7 Å². The molecular weight excluding hydrogens is 294 g/mol. The van der Waals surface area contributed by atoms with Gasteiger partial charge in [-0.1, -0.05) is 44.9 Å². The lowest BCUT2D eigenvalue weighted by Crippen LogP contribution is -2.43. The maximum atomic E-state index is 12.4. The van der Waals surface area contributed by atoms with E-state index in [1.807, 2.05) is 13.8 Å². The van der Waals surface area contributed by atoms with E-state index < -0.39 is 11.5 Å². The summed E-state index contributed by atoms with van der Waals surface area (Å²) < 4.78 is 0. The van der Waals surface area contributed by atoms with Gasteiger partial charge in [-0.2, -0.15) is 5.10 Å². The molecule has 1 amide bonds. The highest BCUT2D eigenvalue weighted by molar-refractivity contribution is 6.04. The van der Waals surface area contributed by atoms with E-state index in [0.29, 0.717) is 23.6 Å². The Bertz CT molecular complexity index is 733. The molecule has 124 valence electrons. The van der Waals surface area contributed by atoms with Crippen LogP contribution in [0.1, 0.15) is 50.0 Å². The fourth-order valence-electron chi connectivity index (χ4n) is 2.85. The zero-order chi connectivity index (χ0) is 16.9. The van der Waals surface area contributed by atoms with E-state index in [1.54, 1.807) is 24.3 Å². The lowest BCUT2D eigenvalue weighted by Gasteiger charge is -2.27. The number of fused-ring (bicyclic) bond motifs is 1. The molecule has 0 aliphatic heterocycles. The van der Waals surface area contributed by atoms with E-state index in [4.69, 9.17) is 0 Å². The van der Waals surface area contributed by atoms with Gasteiger partial charge in [0.2, 0.25) is 0 Å². The number of rotatable bonds is 7. The Kier molecular flexibility index (Phi) is 5.50. The Balaban J connectivity index is 2.21. The average molecular weight is 317 g/mol. The smallest absolute Gasteiger partial charge is 0.272 e. The molecule has 3 N–H and O–H groups in total. The van der Waals surface area contributed by atoms with Crippen LogP contribution in [-0.4, -0.2) is 33.4 Å². The molecule has 6 nitrogen and oxygen atoms in total. The molecule has 0 saturated carbocycles. The molecule has 6 heteroatoms. The number of aliphatic hydroxyl groups is 1. The molecule has 0 aliphatic rings. The highest BCUT2D eigenvalue weighted by Crippen LogP contribution is 2.19. The average Bonchev–Trinajstić information content (AvgIpc) is 2.54. The number of H-pyrrole nitrogens is 1. The third kappa shape index (κ3) is 3.96. The number of amides is 1. The van der Waals surface area contributed by atoms with Crippen LogP contribution in [0.4, 0.5) is 0 Å². The van der Waals surface area contributed by atoms with Crippen LogP contribution in [0.5, 0.6) is 0 Å². The van der Waals surface area contributed by atoms with Crippen LogP contribution in [0.3, 0.4) is 0 Å². The highest BCUT2D eigenvalue weighted by Gasteiger charge is 2.26. The summed E-state index contributed by atoms with van der Waals surface area (Å²) >= 11 is 0. The van der Waals surface area contributed by atoms with Gasteiger partial charge in [-0.15, -0.1) is 0 Å². The quantitative estimate of drug-likeness (QED) is 0.727. The van der Waals surface area contributed by atoms with Gasteiger partial charge in [0.05, 0.1) is 11.0 Å². The molecule has 0 radical (unpaired) electrons. The number of nitrogens with one attached hydrogen (secondary N) is 2. The Labute approximate surface area is 134 Å². The first-order valence-corrected chi connectivity index (χ1v) is 7.98. The number of carbonyl (C=O) groups excluding carboxylic acids is 1. The number of benzene rings is 1. The number of carbonyl (C=O) groups is 1. The monoisotopic (exact) mass is 317 g/mol. The summed E-state index contributed by atoms with van der Waals surface area (Å²) in [5, 5.41) is 20.5. The van der Waals surface area contributed by atoms with Crippen LogP contribution < -0.4 is 10.9 Å². The molecule has 2 aromatic rings. The van der Waals surface area contributed by atoms with Gasteiger partial charge in [-0.05, 0) is 18.9 Å². The van der Waals surface area contributed by atoms with Crippen LogP contribution in [0.25, 0.3) is 10.8 Å². The van der Waals surface area contributed by atoms with Crippen molar-refractivity contribution in [1.29, 1.82) is 0 Å². The molecule has 1 heterocycles. The maximum absolute atomic E-state index is 12.4. The van der Waals surface area contributed by atoms with Gasteiger partial charge < -0.3 is 10.4 Å². The fourth-order valence-corrected chi connectivity index (χ4v) is 2.85. The third-order valence-corrected chi connectivity index (χ3v) is 3.92. The van der Waals surface area contributed by atoms with Crippen molar-refractivity contribution >= 4 is 16.7 Å². The van der Waals surface area contributed by atoms with Crippen molar-refractivity contribution in [3.05, 3.63) is 40.3 Å². The van der Waals surface area contributed by atoms with Crippen molar-refractivity contribution in [1.82, 2.24) is 15.5 Å². The molecule has 0 unspecified atom stereocenters. The molecule has 0 fully saturated rings. The summed E-state index contributed by atoms with van der Waals surface area (Å²) in [6, 6.07) is 6.83. The Hall–Kier alpha value is -2.21. The SMILES string of the molecule is CCCC(O)(CCC)CNC(=O)c1n[nH]c(=O)c2ccccc12. The lowest BCUT2D eigenvalue weighted by atomic mass is 9.92. The third-order valence-electron chi connectivity index (χ3n) is 3.92. The lowest BCUT2D eigenvalue weighted by molar-refractivity contribution is 0.0212. The molecule has 0 bridgehead atoms. The molecular formula is C17H23N3O3. The minimum absolute atomic E-state index is 0.163. The molecule has 1 aromatic heterocycles. The highest BCUT2D eigenvalue weighted by atomic mass is 16.3. The second-order valence-electron chi connectivity index (χ2n) is 5.85. The van der Waals surface area contributed by atoms with E-state index in [0.717, 1.165) is 12.8 Å². The topological polar surface area (TPSA) is 95.1 Å². The Morgan fingerprint density at radius 2 is 1.83 bits per heavy atom. The largest absolute Gasteiger partial charge is 0.388 e. The van der Waals surface area contributed by atoms with Crippen molar-refractivity contribution in [2.45, 2.75) is 45.1 Å². The Morgan fingerprint density at radius 1 is 1.22 bits per heavy atom. The molecule has 0 saturated heterocycles. The van der Waals surface area contributed by atoms with Crippen LogP contribution in [0.2, 0.25) is 0 Å². The van der Waals surface area contributed by atoms with Crippen LogP contribution in [-0.2, 0) is 0 Å². The first-order valence-electron chi connectivity index (χ1n) is 7.98. The van der Waals surface area contributed by atoms with E-state index >= 15 is 0 Å². The minimum Gasteiger partial charge on any atom is -0.388 e. The summed E-state index contributed by atoms with van der Waals surface area (Å²) in [6.07, 6.45) is 2.93. The second-order valence-corrected chi connectivity index (χ2v) is 5.85. The van der Waals surface area contributed by atoms with Crippen LogP contribution in [0.15, 0.2) is 29.1 Å². The van der Waals surface area contributed by atoms with Gasteiger partial charge in [-0.3, -0.25) is 9.59 Å². The van der Waals surface area contributed by atoms with Gasteiger partial charge in [0, 0.05) is 11.9 Å². The van der Waals surface area contributed by atoms with Gasteiger partial charge in [-0.25, -0.2) is 5.10 Å². The number of hydrogen-bond donors (Lipinski definition) is 3. The van der Waals surface area contributed by atoms with Gasteiger partial charge in [0.25, 0.3) is 11.5 Å². The summed E-state index contributed by atoms with van der Waals surface area (Å²) in [5.74, 6) is -0.400. The summed E-state index contributed by atoms with van der Waals surface area (Å²) in [4.78, 5) is 24.2. The molecule has 0 atom stereocenters. The van der Waals surface area contributed by atoms with Crippen molar-refractivity contribution in [2.24, 2.45) is 0 Å². The van der Waals surface area contributed by atoms with Gasteiger partial charge in [0.1, 0.15) is 0 Å². The van der Waals surface area contributed by atoms with E-state index in [-0.39, 0.29) is 17.8 Å². The first kappa shape index (κ1) is 17.1. The summed E-state index contributed by atoms with van der Waals surface area (Å²) in [6.45, 7) is 4.17. The number of nitrogens with zero attached hydrogens (tertiary/aromatic N) is 1. The predicted molar refractivity (Wildman–Crippen MR) is 89.5 cm³/mol. The number of aromatic nitrogens is 2. The number of aromatic amines is 1. The molecule has 1 aromatic carbocycles. The standard InChI is InChI=1S/C17H23N3O3/c1-3-9-17(23,10-4-2)11-18-16(22)14-12-7-5-6-8-13(12)15(21)20-19-14/h5-8,23H,3-4,9-11H2,1-2H3,(H,18,22)(H,20,21). The predicted octanol–water partition coefficient (Wildman–Crippen LogP) is 1.98. The molecule has 0 aliphatic carbocycles. The Morgan fingerprint density at radius 3 is 2.43 bits per heavy atom. The maximum Gasteiger partial charge on any atom is 0.272 e. The number of hydrogen-bond acceptors (Lipinski definition) is 4.